The van der Waals surface area contributed by atoms with Crippen LogP contribution in [0.1, 0.15) is 26.3 Å². The topological polar surface area (TPSA) is 64.3 Å². The third-order valence-corrected chi connectivity index (χ3v) is 3.02. The zero-order valence-corrected chi connectivity index (χ0v) is 12.1. The molecule has 0 aliphatic heterocycles. The van der Waals surface area contributed by atoms with E-state index in [0.29, 0.717) is 12.1 Å². The number of carbonyl (C=O) groups is 1. The normalized spacial score (nSPS) is 14.8. The largest absolute Gasteiger partial charge is 0.573 e. The van der Waals surface area contributed by atoms with Crippen molar-refractivity contribution in [2.75, 3.05) is 6.54 Å². The maximum absolute atomic E-state index is 12.1. The van der Waals surface area contributed by atoms with E-state index in [1.807, 2.05) is 13.8 Å². The molecule has 0 aliphatic carbocycles. The highest BCUT2D eigenvalue weighted by molar-refractivity contribution is 5.85. The van der Waals surface area contributed by atoms with Crippen LogP contribution >= 0.6 is 0 Å². The molecule has 7 heteroatoms. The van der Waals surface area contributed by atoms with Crippen LogP contribution in [0.3, 0.4) is 0 Å². The van der Waals surface area contributed by atoms with Gasteiger partial charge in [-0.25, -0.2) is 0 Å². The summed E-state index contributed by atoms with van der Waals surface area (Å²) in [6.07, 6.45) is -4.75. The van der Waals surface area contributed by atoms with Gasteiger partial charge in [-0.3, -0.25) is 10.1 Å². The van der Waals surface area contributed by atoms with Gasteiger partial charge in [-0.15, -0.1) is 13.2 Å². The first kappa shape index (κ1) is 17.3. The molecule has 0 saturated heterocycles. The molecule has 0 fully saturated rings. The first-order valence-electron chi connectivity index (χ1n) is 6.46. The summed E-state index contributed by atoms with van der Waals surface area (Å²) >= 11 is 0. The van der Waals surface area contributed by atoms with Crippen LogP contribution in [-0.2, 0) is 10.3 Å². The van der Waals surface area contributed by atoms with Gasteiger partial charge >= 0.3 is 6.36 Å². The number of rotatable bonds is 6. The second kappa shape index (κ2) is 6.34. The van der Waals surface area contributed by atoms with Gasteiger partial charge in [0.15, 0.2) is 0 Å². The van der Waals surface area contributed by atoms with Gasteiger partial charge in [0.05, 0.1) is 0 Å². The lowest BCUT2D eigenvalue weighted by atomic mass is 9.90. The van der Waals surface area contributed by atoms with Crippen LogP contribution in [0.5, 0.6) is 5.75 Å². The standard InChI is InChI=1S/C14H19F3N2O2/c1-9(2)8-19-13(3,12(18)20)10-4-6-11(7-5-10)21-14(15,16)17/h4-7,9,19H,8H2,1-3H3,(H2,18,20). The fraction of sp³-hybridized carbons (Fsp3) is 0.500. The second-order valence-corrected chi connectivity index (χ2v) is 5.34. The summed E-state index contributed by atoms with van der Waals surface area (Å²) in [5.41, 5.74) is 4.74. The van der Waals surface area contributed by atoms with Gasteiger partial charge in [0.25, 0.3) is 0 Å². The average Bonchev–Trinajstić information content (AvgIpc) is 2.34. The van der Waals surface area contributed by atoms with Gasteiger partial charge in [0.2, 0.25) is 5.91 Å². The minimum Gasteiger partial charge on any atom is -0.406 e. The molecule has 1 atom stereocenters. The third kappa shape index (κ3) is 4.93. The summed E-state index contributed by atoms with van der Waals surface area (Å²) in [6.45, 7) is 6.07. The number of benzene rings is 1. The maximum Gasteiger partial charge on any atom is 0.573 e. The van der Waals surface area contributed by atoms with Crippen LogP contribution in [-0.4, -0.2) is 18.8 Å². The Morgan fingerprint density at radius 1 is 1.29 bits per heavy atom. The number of hydrogen-bond donors (Lipinski definition) is 2. The quantitative estimate of drug-likeness (QED) is 0.849. The molecule has 0 aromatic heterocycles. The highest BCUT2D eigenvalue weighted by atomic mass is 19.4. The molecule has 0 aliphatic rings. The first-order chi connectivity index (χ1) is 9.54. The molecule has 0 heterocycles. The van der Waals surface area contributed by atoms with Crippen molar-refractivity contribution >= 4 is 5.91 Å². The van der Waals surface area contributed by atoms with Crippen molar-refractivity contribution in [3.63, 3.8) is 0 Å². The summed E-state index contributed by atoms with van der Waals surface area (Å²) < 4.78 is 40.1. The minimum atomic E-state index is -4.75. The summed E-state index contributed by atoms with van der Waals surface area (Å²) in [7, 11) is 0. The van der Waals surface area contributed by atoms with Crippen LogP contribution in [0.4, 0.5) is 13.2 Å². The average molecular weight is 304 g/mol. The number of nitrogens with two attached hydrogens (primary N) is 1. The molecule has 0 saturated carbocycles. The molecule has 1 amide bonds. The highest BCUT2D eigenvalue weighted by Crippen LogP contribution is 2.26. The predicted molar refractivity (Wildman–Crippen MR) is 72.5 cm³/mol. The second-order valence-electron chi connectivity index (χ2n) is 5.34. The van der Waals surface area contributed by atoms with Crippen molar-refractivity contribution in [3.8, 4) is 5.75 Å². The Labute approximate surface area is 121 Å². The van der Waals surface area contributed by atoms with Crippen molar-refractivity contribution in [2.45, 2.75) is 32.7 Å². The number of nitrogens with one attached hydrogen (secondary N) is 1. The van der Waals surface area contributed by atoms with Crippen LogP contribution in [0.15, 0.2) is 24.3 Å². The SMILES string of the molecule is CC(C)CNC(C)(C(N)=O)c1ccc(OC(F)(F)F)cc1. The van der Waals surface area contributed by atoms with E-state index in [0.717, 1.165) is 12.1 Å². The summed E-state index contributed by atoms with van der Waals surface area (Å²) in [4.78, 5) is 11.7. The molecule has 118 valence electrons. The van der Waals surface area contributed by atoms with Crippen molar-refractivity contribution in [3.05, 3.63) is 29.8 Å². The van der Waals surface area contributed by atoms with Crippen molar-refractivity contribution in [1.29, 1.82) is 0 Å². The van der Waals surface area contributed by atoms with Crippen LogP contribution in [0.25, 0.3) is 0 Å². The monoisotopic (exact) mass is 304 g/mol. The number of primary amides is 1. The van der Waals surface area contributed by atoms with Gasteiger partial charge in [-0.05, 0) is 37.1 Å². The molecule has 1 aromatic rings. The number of hydrogen-bond acceptors (Lipinski definition) is 3. The Morgan fingerprint density at radius 3 is 2.19 bits per heavy atom. The third-order valence-electron chi connectivity index (χ3n) is 3.02. The van der Waals surface area contributed by atoms with Crippen LogP contribution < -0.4 is 15.8 Å². The van der Waals surface area contributed by atoms with Crippen molar-refractivity contribution in [2.24, 2.45) is 11.7 Å². The molecule has 21 heavy (non-hydrogen) atoms. The smallest absolute Gasteiger partial charge is 0.406 e. The van der Waals surface area contributed by atoms with E-state index >= 15 is 0 Å². The molecule has 3 N–H and O–H groups in total. The van der Waals surface area contributed by atoms with Gasteiger partial charge in [0.1, 0.15) is 11.3 Å². The molecule has 1 aromatic carbocycles. The van der Waals surface area contributed by atoms with E-state index < -0.39 is 17.8 Å². The first-order valence-corrected chi connectivity index (χ1v) is 6.46. The van der Waals surface area contributed by atoms with Crippen molar-refractivity contribution < 1.29 is 22.7 Å². The Kier molecular flexibility index (Phi) is 5.22. The van der Waals surface area contributed by atoms with E-state index in [1.54, 1.807) is 6.92 Å². The van der Waals surface area contributed by atoms with Gasteiger partial charge in [-0.1, -0.05) is 26.0 Å². The Morgan fingerprint density at radius 2 is 1.81 bits per heavy atom. The maximum atomic E-state index is 12.1. The lowest BCUT2D eigenvalue weighted by Gasteiger charge is -2.29. The summed E-state index contributed by atoms with van der Waals surface area (Å²) in [5, 5.41) is 3.04. The molecule has 4 nitrogen and oxygen atoms in total. The fourth-order valence-electron chi connectivity index (χ4n) is 1.73. The van der Waals surface area contributed by atoms with Gasteiger partial charge in [-0.2, -0.15) is 0 Å². The van der Waals surface area contributed by atoms with Crippen LogP contribution in [0.2, 0.25) is 0 Å². The highest BCUT2D eigenvalue weighted by Gasteiger charge is 2.34. The predicted octanol–water partition coefficient (Wildman–Crippen LogP) is 2.53. The van der Waals surface area contributed by atoms with Gasteiger partial charge in [0, 0.05) is 0 Å². The van der Waals surface area contributed by atoms with E-state index in [9.17, 15) is 18.0 Å². The molecular formula is C14H19F3N2O2. The fourth-order valence-corrected chi connectivity index (χ4v) is 1.73. The molecule has 1 rings (SSSR count). The Hall–Kier alpha value is -1.76. The molecule has 0 spiro atoms. The zero-order chi connectivity index (χ0) is 16.3. The van der Waals surface area contributed by atoms with E-state index in [1.165, 1.54) is 12.1 Å². The summed E-state index contributed by atoms with van der Waals surface area (Å²) in [5.74, 6) is -0.661. The number of amides is 1. The number of alkyl halides is 3. The molecule has 0 radical (unpaired) electrons. The van der Waals surface area contributed by atoms with E-state index in [-0.39, 0.29) is 11.7 Å². The Balaban J connectivity index is 2.97. The van der Waals surface area contributed by atoms with E-state index in [4.69, 9.17) is 5.73 Å². The molecular weight excluding hydrogens is 285 g/mol. The lowest BCUT2D eigenvalue weighted by molar-refractivity contribution is -0.274. The zero-order valence-electron chi connectivity index (χ0n) is 12.1. The number of ether oxygens (including phenoxy) is 1. The minimum absolute atomic E-state index is 0.288. The van der Waals surface area contributed by atoms with Crippen LogP contribution in [0, 0.1) is 5.92 Å². The summed E-state index contributed by atoms with van der Waals surface area (Å²) in [6, 6.07) is 5.08. The number of halogens is 3. The molecule has 1 unspecified atom stereocenters. The van der Waals surface area contributed by atoms with Crippen molar-refractivity contribution in [1.82, 2.24) is 5.32 Å². The Bertz CT molecular complexity index is 486. The lowest BCUT2D eigenvalue weighted by Crippen LogP contribution is -2.51. The van der Waals surface area contributed by atoms with E-state index in [2.05, 4.69) is 10.1 Å². The molecule has 0 bridgehead atoms. The van der Waals surface area contributed by atoms with Gasteiger partial charge < -0.3 is 10.5 Å². The number of carbonyl (C=O) groups excluding carboxylic acids is 1.